The third-order valence-electron chi connectivity index (χ3n) is 2.77. The first-order valence-corrected chi connectivity index (χ1v) is 6.92. The monoisotopic (exact) mass is 289 g/mol. The largest absolute Gasteiger partial charge is 0.494 e. The number of ether oxygens (including phenoxy) is 2. The fourth-order valence-corrected chi connectivity index (χ4v) is 1.75. The van der Waals surface area contributed by atoms with Crippen molar-refractivity contribution >= 4 is 5.91 Å². The van der Waals surface area contributed by atoms with Crippen molar-refractivity contribution in [3.05, 3.63) is 48.4 Å². The quantitative estimate of drug-likeness (QED) is 0.811. The molecule has 0 unspecified atom stereocenters. The molecule has 2 aromatic rings. The Balaban J connectivity index is 1.65. The van der Waals surface area contributed by atoms with E-state index >= 15 is 0 Å². The van der Waals surface area contributed by atoms with E-state index in [4.69, 9.17) is 13.9 Å². The summed E-state index contributed by atoms with van der Waals surface area (Å²) in [6.07, 6.45) is 1.88. The molecule has 0 aliphatic heterocycles. The van der Waals surface area contributed by atoms with E-state index < -0.39 is 0 Å². The Kier molecular flexibility index (Phi) is 5.70. The van der Waals surface area contributed by atoms with Gasteiger partial charge in [-0.1, -0.05) is 0 Å². The van der Waals surface area contributed by atoms with Crippen molar-refractivity contribution in [1.29, 1.82) is 0 Å². The van der Waals surface area contributed by atoms with Crippen LogP contribution in [0.4, 0.5) is 0 Å². The maximum Gasteiger partial charge on any atom is 0.223 e. The lowest BCUT2D eigenvalue weighted by atomic mass is 10.3. The van der Waals surface area contributed by atoms with Crippen molar-refractivity contribution in [1.82, 2.24) is 5.32 Å². The fraction of sp³-hybridized carbons (Fsp3) is 0.312. The summed E-state index contributed by atoms with van der Waals surface area (Å²) >= 11 is 0. The molecule has 0 spiro atoms. The number of nitrogens with one attached hydrogen (secondary N) is 1. The molecule has 0 aliphatic carbocycles. The van der Waals surface area contributed by atoms with Crippen molar-refractivity contribution in [3.63, 3.8) is 0 Å². The first-order valence-electron chi connectivity index (χ1n) is 6.92. The predicted molar refractivity (Wildman–Crippen MR) is 78.3 cm³/mol. The topological polar surface area (TPSA) is 60.7 Å². The van der Waals surface area contributed by atoms with Crippen LogP contribution in [0.5, 0.6) is 11.5 Å². The second-order valence-electron chi connectivity index (χ2n) is 4.36. The molecule has 1 N–H and O–H groups in total. The molecule has 0 fully saturated rings. The lowest BCUT2D eigenvalue weighted by Crippen LogP contribution is -2.24. The summed E-state index contributed by atoms with van der Waals surface area (Å²) in [4.78, 5) is 11.6. The van der Waals surface area contributed by atoms with Gasteiger partial charge in [-0.3, -0.25) is 4.79 Å². The molecule has 1 aromatic heterocycles. The van der Waals surface area contributed by atoms with Gasteiger partial charge in [0.2, 0.25) is 5.91 Å². The van der Waals surface area contributed by atoms with Gasteiger partial charge in [-0.05, 0) is 43.3 Å². The molecule has 21 heavy (non-hydrogen) atoms. The van der Waals surface area contributed by atoms with Crippen LogP contribution in [-0.2, 0) is 11.3 Å². The second kappa shape index (κ2) is 7.99. The highest BCUT2D eigenvalue weighted by molar-refractivity contribution is 5.75. The van der Waals surface area contributed by atoms with Crippen LogP contribution in [0.25, 0.3) is 0 Å². The average molecular weight is 289 g/mol. The number of furan rings is 1. The van der Waals surface area contributed by atoms with Crippen LogP contribution >= 0.6 is 0 Å². The molecule has 0 saturated heterocycles. The molecule has 1 heterocycles. The lowest BCUT2D eigenvalue weighted by molar-refractivity contribution is -0.121. The van der Waals surface area contributed by atoms with Crippen LogP contribution in [0.2, 0.25) is 0 Å². The lowest BCUT2D eigenvalue weighted by Gasteiger charge is -2.08. The first kappa shape index (κ1) is 15.0. The molecule has 0 saturated carbocycles. The SMILES string of the molecule is CCOc1ccc(OCCC(=O)NCc2ccco2)cc1. The van der Waals surface area contributed by atoms with Gasteiger partial charge in [0.25, 0.3) is 0 Å². The van der Waals surface area contributed by atoms with Crippen molar-refractivity contribution in [2.75, 3.05) is 13.2 Å². The highest BCUT2D eigenvalue weighted by atomic mass is 16.5. The van der Waals surface area contributed by atoms with Crippen molar-refractivity contribution in [2.45, 2.75) is 19.9 Å². The van der Waals surface area contributed by atoms with Gasteiger partial charge in [0.1, 0.15) is 17.3 Å². The van der Waals surface area contributed by atoms with E-state index in [-0.39, 0.29) is 5.91 Å². The van der Waals surface area contributed by atoms with E-state index in [0.29, 0.717) is 26.2 Å². The van der Waals surface area contributed by atoms with E-state index in [2.05, 4.69) is 5.32 Å². The van der Waals surface area contributed by atoms with Crippen LogP contribution in [0.3, 0.4) is 0 Å². The van der Waals surface area contributed by atoms with Crippen LogP contribution in [0.15, 0.2) is 47.1 Å². The Morgan fingerprint density at radius 2 is 1.86 bits per heavy atom. The van der Waals surface area contributed by atoms with Crippen LogP contribution in [0, 0.1) is 0 Å². The van der Waals surface area contributed by atoms with E-state index in [9.17, 15) is 4.79 Å². The van der Waals surface area contributed by atoms with Crippen molar-refractivity contribution < 1.29 is 18.7 Å². The number of hydrogen-bond acceptors (Lipinski definition) is 4. The predicted octanol–water partition coefficient (Wildman–Crippen LogP) is 2.76. The van der Waals surface area contributed by atoms with Gasteiger partial charge in [0.15, 0.2) is 0 Å². The van der Waals surface area contributed by atoms with Gasteiger partial charge in [0, 0.05) is 0 Å². The van der Waals surface area contributed by atoms with Gasteiger partial charge < -0.3 is 19.2 Å². The minimum atomic E-state index is -0.0719. The van der Waals surface area contributed by atoms with Crippen LogP contribution in [-0.4, -0.2) is 19.1 Å². The number of carbonyl (C=O) groups is 1. The Labute approximate surface area is 123 Å². The highest BCUT2D eigenvalue weighted by Gasteiger charge is 2.03. The maximum atomic E-state index is 11.6. The third-order valence-corrected chi connectivity index (χ3v) is 2.77. The highest BCUT2D eigenvalue weighted by Crippen LogP contribution is 2.17. The molecular formula is C16H19NO4. The minimum Gasteiger partial charge on any atom is -0.494 e. The van der Waals surface area contributed by atoms with Crippen LogP contribution in [0.1, 0.15) is 19.1 Å². The molecule has 5 nitrogen and oxygen atoms in total. The second-order valence-corrected chi connectivity index (χ2v) is 4.36. The Hall–Kier alpha value is -2.43. The zero-order valence-electron chi connectivity index (χ0n) is 12.0. The standard InChI is InChI=1S/C16H19NO4/c1-2-19-13-5-7-14(8-6-13)21-11-9-16(18)17-12-15-4-3-10-20-15/h3-8,10H,2,9,11-12H2,1H3,(H,17,18). The van der Waals surface area contributed by atoms with E-state index in [1.165, 1.54) is 0 Å². The van der Waals surface area contributed by atoms with Crippen molar-refractivity contribution in [2.24, 2.45) is 0 Å². The van der Waals surface area contributed by atoms with E-state index in [1.54, 1.807) is 12.3 Å². The molecule has 1 aromatic carbocycles. The van der Waals surface area contributed by atoms with E-state index in [0.717, 1.165) is 17.3 Å². The Morgan fingerprint density at radius 3 is 2.48 bits per heavy atom. The van der Waals surface area contributed by atoms with Gasteiger partial charge >= 0.3 is 0 Å². The van der Waals surface area contributed by atoms with Gasteiger partial charge in [-0.2, -0.15) is 0 Å². The number of carbonyl (C=O) groups excluding carboxylic acids is 1. The smallest absolute Gasteiger partial charge is 0.223 e. The molecule has 0 bridgehead atoms. The summed E-state index contributed by atoms with van der Waals surface area (Å²) in [6.45, 7) is 3.30. The molecule has 0 radical (unpaired) electrons. The van der Waals surface area contributed by atoms with Gasteiger partial charge in [0.05, 0.1) is 32.4 Å². The summed E-state index contributed by atoms with van der Waals surface area (Å²) in [6, 6.07) is 10.9. The molecule has 2 rings (SSSR count). The molecule has 1 amide bonds. The Morgan fingerprint density at radius 1 is 1.14 bits per heavy atom. The van der Waals surface area contributed by atoms with Gasteiger partial charge in [-0.25, -0.2) is 0 Å². The normalized spacial score (nSPS) is 10.1. The minimum absolute atomic E-state index is 0.0719. The summed E-state index contributed by atoms with van der Waals surface area (Å²) in [7, 11) is 0. The number of amides is 1. The number of benzene rings is 1. The summed E-state index contributed by atoms with van der Waals surface area (Å²) < 4.78 is 16.0. The molecule has 0 atom stereocenters. The molecule has 0 aliphatic rings. The van der Waals surface area contributed by atoms with E-state index in [1.807, 2.05) is 37.3 Å². The zero-order chi connectivity index (χ0) is 14.9. The van der Waals surface area contributed by atoms with Crippen molar-refractivity contribution in [3.8, 4) is 11.5 Å². The maximum absolute atomic E-state index is 11.6. The molecule has 112 valence electrons. The number of hydrogen-bond donors (Lipinski definition) is 1. The van der Waals surface area contributed by atoms with Crippen LogP contribution < -0.4 is 14.8 Å². The molecule has 5 heteroatoms. The fourth-order valence-electron chi connectivity index (χ4n) is 1.75. The summed E-state index contributed by atoms with van der Waals surface area (Å²) in [5.74, 6) is 2.19. The first-order chi connectivity index (χ1) is 10.3. The third kappa shape index (κ3) is 5.22. The summed E-state index contributed by atoms with van der Waals surface area (Å²) in [5, 5.41) is 2.76. The zero-order valence-corrected chi connectivity index (χ0v) is 12.0. The number of rotatable bonds is 8. The average Bonchev–Trinajstić information content (AvgIpc) is 3.01. The Bertz CT molecular complexity index is 534. The van der Waals surface area contributed by atoms with Gasteiger partial charge in [-0.15, -0.1) is 0 Å². The summed E-state index contributed by atoms with van der Waals surface area (Å²) in [5.41, 5.74) is 0. The molecular weight excluding hydrogens is 270 g/mol.